The van der Waals surface area contributed by atoms with Gasteiger partial charge in [-0.25, -0.2) is 13.4 Å². The summed E-state index contributed by atoms with van der Waals surface area (Å²) in [6.07, 6.45) is 3.32. The summed E-state index contributed by atoms with van der Waals surface area (Å²) < 4.78 is 31.1. The van der Waals surface area contributed by atoms with Crippen molar-refractivity contribution in [1.29, 1.82) is 0 Å². The summed E-state index contributed by atoms with van der Waals surface area (Å²) in [5.74, 6) is 0.743. The van der Waals surface area contributed by atoms with Gasteiger partial charge in [-0.3, -0.25) is 0 Å². The summed E-state index contributed by atoms with van der Waals surface area (Å²) in [4.78, 5) is 4.49. The summed E-state index contributed by atoms with van der Waals surface area (Å²) in [5, 5.41) is 0. The third-order valence-electron chi connectivity index (χ3n) is 3.87. The van der Waals surface area contributed by atoms with Crippen molar-refractivity contribution in [2.75, 3.05) is 25.2 Å². The van der Waals surface area contributed by atoms with Crippen LogP contribution in [0.15, 0.2) is 23.1 Å². The Labute approximate surface area is 123 Å². The van der Waals surface area contributed by atoms with Crippen LogP contribution in [0.1, 0.15) is 12.8 Å². The first-order valence-corrected chi connectivity index (χ1v) is 8.88. The van der Waals surface area contributed by atoms with Gasteiger partial charge in [0.2, 0.25) is 5.95 Å². The lowest BCUT2D eigenvalue weighted by molar-refractivity contribution is 0.0490. The molecular formula is C14H19N3O3S. The summed E-state index contributed by atoms with van der Waals surface area (Å²) in [7, 11) is -3.32. The van der Waals surface area contributed by atoms with Crippen molar-refractivity contribution in [2.45, 2.75) is 24.3 Å². The number of nitrogens with two attached hydrogens (primary N) is 1. The van der Waals surface area contributed by atoms with Gasteiger partial charge in [0.1, 0.15) is 5.52 Å². The zero-order valence-corrected chi connectivity index (χ0v) is 12.8. The predicted molar refractivity (Wildman–Crippen MR) is 80.8 cm³/mol. The van der Waals surface area contributed by atoms with E-state index in [2.05, 4.69) is 4.98 Å². The Balaban J connectivity index is 2.05. The zero-order valence-electron chi connectivity index (χ0n) is 11.9. The molecule has 1 aliphatic heterocycles. The van der Waals surface area contributed by atoms with Crippen LogP contribution in [-0.4, -0.2) is 37.4 Å². The molecule has 1 aliphatic rings. The molecule has 1 atom stereocenters. The van der Waals surface area contributed by atoms with Crippen molar-refractivity contribution in [2.24, 2.45) is 5.92 Å². The molecule has 2 aromatic rings. The molecule has 114 valence electrons. The summed E-state index contributed by atoms with van der Waals surface area (Å²) in [6, 6.07) is 5.16. The standard InChI is InChI=1S/C14H19N3O3S/c1-21(18,19)12-6-2-5-11-13(12)16-14(15)17(11)8-10-4-3-7-20-9-10/h2,5-6,10H,3-4,7-9H2,1H3,(H2,15,16). The fourth-order valence-electron chi connectivity index (χ4n) is 2.84. The quantitative estimate of drug-likeness (QED) is 0.927. The maximum Gasteiger partial charge on any atom is 0.201 e. The number of para-hydroxylation sites is 1. The van der Waals surface area contributed by atoms with Crippen LogP contribution < -0.4 is 5.73 Å². The van der Waals surface area contributed by atoms with E-state index in [-0.39, 0.29) is 4.90 Å². The number of sulfone groups is 1. The van der Waals surface area contributed by atoms with Crippen LogP contribution in [-0.2, 0) is 21.1 Å². The van der Waals surface area contributed by atoms with E-state index >= 15 is 0 Å². The first-order chi connectivity index (χ1) is 9.97. The summed E-state index contributed by atoms with van der Waals surface area (Å²) in [6.45, 7) is 2.23. The third kappa shape index (κ3) is 2.75. The number of aromatic nitrogens is 2. The number of fused-ring (bicyclic) bond motifs is 1. The van der Waals surface area contributed by atoms with Crippen molar-refractivity contribution in [3.05, 3.63) is 18.2 Å². The highest BCUT2D eigenvalue weighted by atomic mass is 32.2. The van der Waals surface area contributed by atoms with E-state index in [1.807, 2.05) is 10.6 Å². The Bertz CT molecular complexity index is 761. The molecule has 1 aromatic heterocycles. The first-order valence-electron chi connectivity index (χ1n) is 6.99. The Morgan fingerprint density at radius 1 is 1.48 bits per heavy atom. The lowest BCUT2D eigenvalue weighted by atomic mass is 10.0. The lowest BCUT2D eigenvalue weighted by Crippen LogP contribution is -2.22. The van der Waals surface area contributed by atoms with Crippen molar-refractivity contribution in [3.63, 3.8) is 0 Å². The Morgan fingerprint density at radius 3 is 2.95 bits per heavy atom. The molecule has 2 heterocycles. The zero-order chi connectivity index (χ0) is 15.0. The molecule has 0 bridgehead atoms. The van der Waals surface area contributed by atoms with Crippen LogP contribution in [0.2, 0.25) is 0 Å². The number of hydrogen-bond acceptors (Lipinski definition) is 5. The smallest absolute Gasteiger partial charge is 0.201 e. The maximum atomic E-state index is 11.8. The molecule has 2 N–H and O–H groups in total. The van der Waals surface area contributed by atoms with Crippen molar-refractivity contribution >= 4 is 26.8 Å². The molecule has 1 aromatic carbocycles. The SMILES string of the molecule is CS(=O)(=O)c1cccc2c1nc(N)n2CC1CCCOC1. The fraction of sp³-hybridized carbons (Fsp3) is 0.500. The number of imidazole rings is 1. The Kier molecular flexibility index (Phi) is 3.62. The molecule has 0 aliphatic carbocycles. The molecule has 3 rings (SSSR count). The molecule has 0 radical (unpaired) electrons. The van der Waals surface area contributed by atoms with Crippen LogP contribution in [0.4, 0.5) is 5.95 Å². The highest BCUT2D eigenvalue weighted by Crippen LogP contribution is 2.27. The monoisotopic (exact) mass is 309 g/mol. The van der Waals surface area contributed by atoms with Gasteiger partial charge in [0, 0.05) is 25.3 Å². The number of anilines is 1. The molecule has 21 heavy (non-hydrogen) atoms. The minimum absolute atomic E-state index is 0.227. The van der Waals surface area contributed by atoms with Gasteiger partial charge in [-0.2, -0.15) is 0 Å². The van der Waals surface area contributed by atoms with Crippen LogP contribution >= 0.6 is 0 Å². The number of hydrogen-bond donors (Lipinski definition) is 1. The predicted octanol–water partition coefficient (Wildman–Crippen LogP) is 1.45. The van der Waals surface area contributed by atoms with Gasteiger partial charge in [-0.1, -0.05) is 6.07 Å². The molecule has 1 saturated heterocycles. The molecule has 0 spiro atoms. The van der Waals surface area contributed by atoms with Crippen LogP contribution in [0, 0.1) is 5.92 Å². The van der Waals surface area contributed by atoms with Crippen molar-refractivity contribution in [3.8, 4) is 0 Å². The van der Waals surface area contributed by atoms with E-state index < -0.39 is 9.84 Å². The van der Waals surface area contributed by atoms with Gasteiger partial charge < -0.3 is 15.0 Å². The number of nitrogen functional groups attached to an aromatic ring is 1. The average Bonchev–Trinajstić information content (AvgIpc) is 2.75. The summed E-state index contributed by atoms with van der Waals surface area (Å²) in [5.41, 5.74) is 7.22. The molecule has 7 heteroatoms. The number of ether oxygens (including phenoxy) is 1. The van der Waals surface area contributed by atoms with Crippen LogP contribution in [0.25, 0.3) is 11.0 Å². The number of benzene rings is 1. The van der Waals surface area contributed by atoms with Gasteiger partial charge >= 0.3 is 0 Å². The van der Waals surface area contributed by atoms with Gasteiger partial charge in [-0.15, -0.1) is 0 Å². The number of rotatable bonds is 3. The highest BCUT2D eigenvalue weighted by molar-refractivity contribution is 7.91. The Hall–Kier alpha value is -1.60. The second-order valence-corrected chi connectivity index (χ2v) is 7.54. The van der Waals surface area contributed by atoms with Gasteiger partial charge in [0.25, 0.3) is 0 Å². The second-order valence-electron chi connectivity index (χ2n) is 5.56. The van der Waals surface area contributed by atoms with E-state index in [0.29, 0.717) is 30.5 Å². The molecule has 6 nitrogen and oxygen atoms in total. The van der Waals surface area contributed by atoms with E-state index in [9.17, 15) is 8.42 Å². The van der Waals surface area contributed by atoms with E-state index in [0.717, 1.165) is 25.0 Å². The number of nitrogens with zero attached hydrogens (tertiary/aromatic N) is 2. The molecule has 0 saturated carbocycles. The summed E-state index contributed by atoms with van der Waals surface area (Å²) >= 11 is 0. The van der Waals surface area contributed by atoms with Gasteiger partial charge in [0.05, 0.1) is 17.0 Å². The minimum atomic E-state index is -3.32. The topological polar surface area (TPSA) is 87.2 Å². The van der Waals surface area contributed by atoms with Gasteiger partial charge in [-0.05, 0) is 25.0 Å². The lowest BCUT2D eigenvalue weighted by Gasteiger charge is -2.23. The second kappa shape index (κ2) is 5.31. The largest absolute Gasteiger partial charge is 0.381 e. The minimum Gasteiger partial charge on any atom is -0.381 e. The van der Waals surface area contributed by atoms with Crippen LogP contribution in [0.5, 0.6) is 0 Å². The van der Waals surface area contributed by atoms with E-state index in [4.69, 9.17) is 10.5 Å². The van der Waals surface area contributed by atoms with Gasteiger partial charge in [0.15, 0.2) is 9.84 Å². The molecular weight excluding hydrogens is 290 g/mol. The molecule has 0 amide bonds. The Morgan fingerprint density at radius 2 is 2.29 bits per heavy atom. The van der Waals surface area contributed by atoms with E-state index in [1.54, 1.807) is 12.1 Å². The average molecular weight is 309 g/mol. The highest BCUT2D eigenvalue weighted by Gasteiger charge is 2.20. The molecule has 1 unspecified atom stereocenters. The van der Waals surface area contributed by atoms with Crippen molar-refractivity contribution in [1.82, 2.24) is 9.55 Å². The maximum absolute atomic E-state index is 11.8. The first kappa shape index (κ1) is 14.3. The van der Waals surface area contributed by atoms with E-state index in [1.165, 1.54) is 6.26 Å². The fourth-order valence-corrected chi connectivity index (χ4v) is 3.67. The van der Waals surface area contributed by atoms with Crippen molar-refractivity contribution < 1.29 is 13.2 Å². The van der Waals surface area contributed by atoms with Crippen LogP contribution in [0.3, 0.4) is 0 Å². The molecule has 1 fully saturated rings. The third-order valence-corrected chi connectivity index (χ3v) is 4.99. The normalized spacial score (nSPS) is 20.0.